The van der Waals surface area contributed by atoms with Gasteiger partial charge in [-0.25, -0.2) is 13.4 Å². The average Bonchev–Trinajstić information content (AvgIpc) is 3.00. The van der Waals surface area contributed by atoms with Gasteiger partial charge in [0, 0.05) is 36.3 Å². The molecule has 33 heavy (non-hydrogen) atoms. The Labute approximate surface area is 204 Å². The summed E-state index contributed by atoms with van der Waals surface area (Å²) < 4.78 is 29.3. The Morgan fingerprint density at radius 2 is 1.76 bits per heavy atom. The molecule has 1 aromatic heterocycles. The third-order valence-electron chi connectivity index (χ3n) is 6.30. The van der Waals surface area contributed by atoms with Crippen LogP contribution in [0.3, 0.4) is 0 Å². The second kappa shape index (κ2) is 8.96. The Kier molecular flexibility index (Phi) is 6.55. The molecular weight excluding hydrogens is 485 g/mol. The largest absolute Gasteiger partial charge is 0.460 e. The topological polar surface area (TPSA) is 88.6 Å². The number of hydrogen-bond acceptors (Lipinski definition) is 6. The van der Waals surface area contributed by atoms with Crippen LogP contribution in [0.25, 0.3) is 0 Å². The van der Waals surface area contributed by atoms with Crippen molar-refractivity contribution in [1.82, 2.24) is 10.3 Å². The molecule has 10 heteroatoms. The molecule has 0 spiro atoms. The van der Waals surface area contributed by atoms with Gasteiger partial charge in [0.15, 0.2) is 15.4 Å². The van der Waals surface area contributed by atoms with E-state index in [0.29, 0.717) is 9.92 Å². The van der Waals surface area contributed by atoms with Crippen molar-refractivity contribution in [3.63, 3.8) is 0 Å². The third kappa shape index (κ3) is 5.23. The predicted molar refractivity (Wildman–Crippen MR) is 129 cm³/mol. The summed E-state index contributed by atoms with van der Waals surface area (Å²) in [6, 6.07) is 9.19. The van der Waals surface area contributed by atoms with Crippen molar-refractivity contribution in [3.8, 4) is 5.88 Å². The van der Waals surface area contributed by atoms with Crippen LogP contribution >= 0.6 is 23.2 Å². The van der Waals surface area contributed by atoms with E-state index >= 15 is 0 Å². The number of pyridine rings is 1. The van der Waals surface area contributed by atoms with Crippen LogP contribution < -0.4 is 15.0 Å². The lowest BCUT2D eigenvalue weighted by Crippen LogP contribution is -2.55. The van der Waals surface area contributed by atoms with Crippen molar-refractivity contribution in [2.45, 2.75) is 68.2 Å². The van der Waals surface area contributed by atoms with Crippen molar-refractivity contribution >= 4 is 44.6 Å². The number of piperidine rings is 1. The van der Waals surface area contributed by atoms with Crippen LogP contribution in [0.5, 0.6) is 5.88 Å². The Morgan fingerprint density at radius 1 is 1.15 bits per heavy atom. The average molecular weight is 512 g/mol. The SMILES string of the molecule is CC(C)(Oc1ncc(Cl)cc1Cl)C(=O)NC1CC2CCC(C1)N2c1ccc(S(C)(=O)=O)cc1. The van der Waals surface area contributed by atoms with Crippen LogP contribution in [0.4, 0.5) is 5.69 Å². The Hall–Kier alpha value is -2.03. The van der Waals surface area contributed by atoms with Crippen LogP contribution in [-0.2, 0) is 14.6 Å². The molecule has 2 fully saturated rings. The summed E-state index contributed by atoms with van der Waals surface area (Å²) in [6.07, 6.45) is 6.33. The second-order valence-electron chi connectivity index (χ2n) is 9.25. The van der Waals surface area contributed by atoms with E-state index in [1.165, 1.54) is 18.5 Å². The van der Waals surface area contributed by atoms with E-state index in [1.54, 1.807) is 26.0 Å². The number of benzene rings is 1. The van der Waals surface area contributed by atoms with E-state index in [0.717, 1.165) is 31.4 Å². The van der Waals surface area contributed by atoms with Gasteiger partial charge in [0.1, 0.15) is 5.02 Å². The van der Waals surface area contributed by atoms with E-state index in [2.05, 4.69) is 15.2 Å². The number of carbonyl (C=O) groups excluding carboxylic acids is 1. The van der Waals surface area contributed by atoms with Gasteiger partial charge in [-0.2, -0.15) is 0 Å². The molecule has 1 aromatic carbocycles. The minimum absolute atomic E-state index is 0.0260. The maximum absolute atomic E-state index is 13.0. The van der Waals surface area contributed by atoms with Crippen molar-refractivity contribution in [2.24, 2.45) is 0 Å². The molecule has 3 heterocycles. The number of carbonyl (C=O) groups is 1. The van der Waals surface area contributed by atoms with E-state index in [4.69, 9.17) is 27.9 Å². The first-order valence-electron chi connectivity index (χ1n) is 10.8. The quantitative estimate of drug-likeness (QED) is 0.622. The standard InChI is InChI=1S/C23H27Cl2N3O4S/c1-23(2,32-21-20(25)10-14(24)13-26-21)22(29)27-15-11-17-4-5-18(12-15)28(17)16-6-8-19(9-7-16)33(3,30)31/h6-10,13,15,17-18H,4-5,11-12H2,1-3H3,(H,27,29). The number of sulfone groups is 1. The molecule has 2 aliphatic rings. The fraction of sp³-hybridized carbons (Fsp3) is 0.478. The number of rotatable bonds is 6. The molecule has 2 unspecified atom stereocenters. The molecule has 178 valence electrons. The van der Waals surface area contributed by atoms with Gasteiger partial charge in [-0.3, -0.25) is 4.79 Å². The fourth-order valence-electron chi connectivity index (χ4n) is 4.71. The minimum atomic E-state index is -3.22. The number of nitrogens with one attached hydrogen (secondary N) is 1. The lowest BCUT2D eigenvalue weighted by molar-refractivity contribution is -0.135. The molecule has 0 aliphatic carbocycles. The van der Waals surface area contributed by atoms with Crippen LogP contribution in [0.1, 0.15) is 39.5 Å². The van der Waals surface area contributed by atoms with E-state index in [9.17, 15) is 13.2 Å². The maximum Gasteiger partial charge on any atom is 0.263 e. The van der Waals surface area contributed by atoms with Crippen LogP contribution in [0.2, 0.25) is 10.0 Å². The van der Waals surface area contributed by atoms with Gasteiger partial charge >= 0.3 is 0 Å². The van der Waals surface area contributed by atoms with Crippen molar-refractivity contribution in [3.05, 3.63) is 46.6 Å². The Balaban J connectivity index is 1.41. The molecule has 1 amide bonds. The van der Waals surface area contributed by atoms with Gasteiger partial charge in [0.05, 0.1) is 9.92 Å². The first-order valence-corrected chi connectivity index (χ1v) is 13.5. The van der Waals surface area contributed by atoms with E-state index in [-0.39, 0.29) is 34.9 Å². The summed E-state index contributed by atoms with van der Waals surface area (Å²) in [7, 11) is -3.22. The zero-order valence-electron chi connectivity index (χ0n) is 18.7. The highest BCUT2D eigenvalue weighted by Crippen LogP contribution is 2.40. The molecule has 2 atom stereocenters. The van der Waals surface area contributed by atoms with Crippen LogP contribution in [0.15, 0.2) is 41.4 Å². The van der Waals surface area contributed by atoms with Crippen molar-refractivity contribution < 1.29 is 17.9 Å². The number of nitrogens with zero attached hydrogens (tertiary/aromatic N) is 2. The van der Waals surface area contributed by atoms with Gasteiger partial charge in [-0.05, 0) is 69.9 Å². The second-order valence-corrected chi connectivity index (χ2v) is 12.1. The molecule has 7 nitrogen and oxygen atoms in total. The smallest absolute Gasteiger partial charge is 0.263 e. The van der Waals surface area contributed by atoms with Gasteiger partial charge in [-0.15, -0.1) is 0 Å². The minimum Gasteiger partial charge on any atom is -0.460 e. The number of halogens is 2. The van der Waals surface area contributed by atoms with Gasteiger partial charge in [-0.1, -0.05) is 23.2 Å². The number of ether oxygens (including phenoxy) is 1. The summed E-state index contributed by atoms with van der Waals surface area (Å²) in [5.74, 6) is -0.0701. The molecule has 1 N–H and O–H groups in total. The molecule has 0 saturated carbocycles. The van der Waals surface area contributed by atoms with Gasteiger partial charge in [0.2, 0.25) is 5.88 Å². The molecule has 2 aromatic rings. The maximum atomic E-state index is 13.0. The van der Waals surface area contributed by atoms with Crippen LogP contribution in [0, 0.1) is 0 Å². The van der Waals surface area contributed by atoms with Crippen LogP contribution in [-0.4, -0.2) is 49.3 Å². The number of fused-ring (bicyclic) bond motifs is 2. The Bertz CT molecular complexity index is 1140. The van der Waals surface area contributed by atoms with Gasteiger partial charge in [0.25, 0.3) is 5.91 Å². The number of anilines is 1. The Morgan fingerprint density at radius 3 is 2.30 bits per heavy atom. The lowest BCUT2D eigenvalue weighted by Gasteiger charge is -2.41. The number of amides is 1. The predicted octanol–water partition coefficient (Wildman–Crippen LogP) is 4.27. The monoisotopic (exact) mass is 511 g/mol. The van der Waals surface area contributed by atoms with Crippen molar-refractivity contribution in [1.29, 1.82) is 0 Å². The zero-order valence-corrected chi connectivity index (χ0v) is 21.0. The summed E-state index contributed by atoms with van der Waals surface area (Å²) in [4.78, 5) is 19.8. The highest BCUT2D eigenvalue weighted by molar-refractivity contribution is 7.90. The first kappa shape index (κ1) is 24.1. The van der Waals surface area contributed by atoms with Crippen molar-refractivity contribution in [2.75, 3.05) is 11.2 Å². The summed E-state index contributed by atoms with van der Waals surface area (Å²) in [5, 5.41) is 3.78. The lowest BCUT2D eigenvalue weighted by atomic mass is 9.95. The fourth-order valence-corrected chi connectivity index (χ4v) is 5.76. The van der Waals surface area contributed by atoms with E-state index in [1.807, 2.05) is 12.1 Å². The highest BCUT2D eigenvalue weighted by atomic mass is 35.5. The molecule has 0 radical (unpaired) electrons. The number of aromatic nitrogens is 1. The summed E-state index contributed by atoms with van der Waals surface area (Å²) >= 11 is 12.0. The zero-order chi connectivity index (χ0) is 24.0. The third-order valence-corrected chi connectivity index (χ3v) is 7.91. The molecule has 4 rings (SSSR count). The first-order chi connectivity index (χ1) is 15.4. The summed E-state index contributed by atoms with van der Waals surface area (Å²) in [6.45, 7) is 3.37. The normalized spacial score (nSPS) is 22.8. The molecular formula is C23H27Cl2N3O4S. The molecule has 2 bridgehead atoms. The highest BCUT2D eigenvalue weighted by Gasteiger charge is 2.42. The molecule has 2 saturated heterocycles. The van der Waals surface area contributed by atoms with Gasteiger partial charge < -0.3 is 15.0 Å². The summed E-state index contributed by atoms with van der Waals surface area (Å²) in [5.41, 5.74) is -0.144. The molecule has 2 aliphatic heterocycles. The van der Waals surface area contributed by atoms with E-state index < -0.39 is 15.4 Å². The number of hydrogen-bond donors (Lipinski definition) is 1.